The lowest BCUT2D eigenvalue weighted by Gasteiger charge is -2.25. The molecule has 8 nitrogen and oxygen atoms in total. The Morgan fingerprint density at radius 3 is 2.84 bits per heavy atom. The van der Waals surface area contributed by atoms with Gasteiger partial charge in [0.15, 0.2) is 5.76 Å². The maximum Gasteiger partial charge on any atom is 0.287 e. The van der Waals surface area contributed by atoms with Gasteiger partial charge in [0, 0.05) is 32.2 Å². The number of nitrogens with one attached hydrogen (secondary N) is 1. The number of hydrogen-bond donors (Lipinski definition) is 1. The SMILES string of the molecule is C[C@@H](NC(=O)c1ccco1)C(=O)N1CCCN(CCCOc2ccc(C#N)c(F)c2)CC1. The first kappa shape index (κ1) is 23.3. The third kappa shape index (κ3) is 6.31. The van der Waals surface area contributed by atoms with E-state index in [1.54, 1.807) is 36.1 Å². The van der Waals surface area contributed by atoms with E-state index in [9.17, 15) is 14.0 Å². The molecule has 170 valence electrons. The minimum atomic E-state index is -0.639. The van der Waals surface area contributed by atoms with Crippen molar-refractivity contribution in [1.29, 1.82) is 5.26 Å². The van der Waals surface area contributed by atoms with Crippen molar-refractivity contribution in [3.63, 3.8) is 0 Å². The fourth-order valence-electron chi connectivity index (χ4n) is 3.58. The molecular formula is C23H27FN4O4. The molecule has 1 fully saturated rings. The first-order chi connectivity index (χ1) is 15.5. The van der Waals surface area contributed by atoms with Gasteiger partial charge in [-0.1, -0.05) is 0 Å². The molecule has 1 aromatic heterocycles. The van der Waals surface area contributed by atoms with Crippen molar-refractivity contribution in [2.75, 3.05) is 39.3 Å². The Morgan fingerprint density at radius 1 is 1.28 bits per heavy atom. The van der Waals surface area contributed by atoms with Gasteiger partial charge in [0.1, 0.15) is 23.7 Å². The van der Waals surface area contributed by atoms with Crippen molar-refractivity contribution >= 4 is 11.8 Å². The fraction of sp³-hybridized carbons (Fsp3) is 0.435. The van der Waals surface area contributed by atoms with Crippen LogP contribution in [-0.2, 0) is 4.79 Å². The predicted molar refractivity (Wildman–Crippen MR) is 115 cm³/mol. The summed E-state index contributed by atoms with van der Waals surface area (Å²) in [6.07, 6.45) is 3.01. The zero-order chi connectivity index (χ0) is 22.9. The highest BCUT2D eigenvalue weighted by Crippen LogP contribution is 2.16. The van der Waals surface area contributed by atoms with Gasteiger partial charge in [-0.25, -0.2) is 4.39 Å². The average Bonchev–Trinajstić information content (AvgIpc) is 3.23. The number of benzene rings is 1. The number of rotatable bonds is 8. The number of furan rings is 1. The zero-order valence-electron chi connectivity index (χ0n) is 18.1. The van der Waals surface area contributed by atoms with E-state index < -0.39 is 17.8 Å². The summed E-state index contributed by atoms with van der Waals surface area (Å²) in [6, 6.07) is 8.54. The molecule has 1 atom stereocenters. The Balaban J connectivity index is 1.38. The zero-order valence-corrected chi connectivity index (χ0v) is 18.1. The molecule has 1 aliphatic rings. The first-order valence-electron chi connectivity index (χ1n) is 10.7. The number of amides is 2. The van der Waals surface area contributed by atoms with Gasteiger partial charge in [-0.2, -0.15) is 5.26 Å². The molecule has 2 heterocycles. The molecular weight excluding hydrogens is 415 g/mol. The van der Waals surface area contributed by atoms with Gasteiger partial charge in [0.2, 0.25) is 5.91 Å². The number of ether oxygens (including phenoxy) is 1. The van der Waals surface area contributed by atoms with Crippen LogP contribution < -0.4 is 10.1 Å². The van der Waals surface area contributed by atoms with Crippen LogP contribution in [0.3, 0.4) is 0 Å². The van der Waals surface area contributed by atoms with Crippen molar-refractivity contribution in [3.05, 3.63) is 53.7 Å². The molecule has 0 radical (unpaired) electrons. The highest BCUT2D eigenvalue weighted by molar-refractivity contribution is 5.95. The second kappa shape index (κ2) is 11.3. The molecule has 3 rings (SSSR count). The largest absolute Gasteiger partial charge is 0.493 e. The van der Waals surface area contributed by atoms with E-state index in [0.29, 0.717) is 25.4 Å². The van der Waals surface area contributed by atoms with Crippen LogP contribution in [0, 0.1) is 17.1 Å². The van der Waals surface area contributed by atoms with Crippen LogP contribution in [0.4, 0.5) is 4.39 Å². The molecule has 2 aromatic rings. The molecule has 1 N–H and O–H groups in total. The lowest BCUT2D eigenvalue weighted by Crippen LogP contribution is -2.48. The van der Waals surface area contributed by atoms with Crippen molar-refractivity contribution < 1.29 is 23.1 Å². The summed E-state index contributed by atoms with van der Waals surface area (Å²) in [4.78, 5) is 28.9. The molecule has 9 heteroatoms. The van der Waals surface area contributed by atoms with E-state index in [-0.39, 0.29) is 17.2 Å². The standard InChI is InChI=1S/C23H27FN4O4/c1-17(26-22(29)21-5-2-13-32-21)23(30)28-10-3-8-27(11-12-28)9-4-14-31-19-7-6-18(16-25)20(24)15-19/h2,5-7,13,15,17H,3-4,8-12,14H2,1H3,(H,26,29)/t17-/m1/s1. The maximum atomic E-state index is 13.6. The van der Waals surface area contributed by atoms with Crippen LogP contribution in [0.2, 0.25) is 0 Å². The smallest absolute Gasteiger partial charge is 0.287 e. The number of hydrogen-bond acceptors (Lipinski definition) is 6. The quantitative estimate of drug-likeness (QED) is 0.631. The van der Waals surface area contributed by atoms with Gasteiger partial charge in [-0.15, -0.1) is 0 Å². The van der Waals surface area contributed by atoms with Crippen molar-refractivity contribution in [3.8, 4) is 11.8 Å². The summed E-state index contributed by atoms with van der Waals surface area (Å²) < 4.78 is 24.3. The Labute approximate surface area is 186 Å². The maximum absolute atomic E-state index is 13.6. The van der Waals surface area contributed by atoms with E-state index in [1.807, 2.05) is 0 Å². The third-order valence-electron chi connectivity index (χ3n) is 5.31. The highest BCUT2D eigenvalue weighted by Gasteiger charge is 2.25. The molecule has 32 heavy (non-hydrogen) atoms. The van der Waals surface area contributed by atoms with Crippen LogP contribution in [0.5, 0.6) is 5.75 Å². The summed E-state index contributed by atoms with van der Waals surface area (Å²) in [5.74, 6) is -0.526. The number of nitriles is 1. The lowest BCUT2D eigenvalue weighted by molar-refractivity contribution is -0.132. The number of carbonyl (C=O) groups excluding carboxylic acids is 2. The van der Waals surface area contributed by atoms with Crippen LogP contribution in [0.25, 0.3) is 0 Å². The summed E-state index contributed by atoms with van der Waals surface area (Å²) in [5, 5.41) is 11.4. The van der Waals surface area contributed by atoms with Gasteiger partial charge in [-0.05, 0) is 50.6 Å². The minimum Gasteiger partial charge on any atom is -0.493 e. The number of halogens is 1. The first-order valence-corrected chi connectivity index (χ1v) is 10.7. The summed E-state index contributed by atoms with van der Waals surface area (Å²) in [6.45, 7) is 5.72. The monoisotopic (exact) mass is 442 g/mol. The van der Waals surface area contributed by atoms with Gasteiger partial charge in [-0.3, -0.25) is 9.59 Å². The van der Waals surface area contributed by atoms with E-state index in [2.05, 4.69) is 10.2 Å². The average molecular weight is 442 g/mol. The van der Waals surface area contributed by atoms with Crippen molar-refractivity contribution in [1.82, 2.24) is 15.1 Å². The molecule has 0 spiro atoms. The molecule has 1 aliphatic heterocycles. The molecule has 0 bridgehead atoms. The second-order valence-electron chi connectivity index (χ2n) is 7.65. The van der Waals surface area contributed by atoms with E-state index >= 15 is 0 Å². The summed E-state index contributed by atoms with van der Waals surface area (Å²) >= 11 is 0. The predicted octanol–water partition coefficient (Wildman–Crippen LogP) is 2.41. The van der Waals surface area contributed by atoms with Gasteiger partial charge in [0.25, 0.3) is 5.91 Å². The summed E-state index contributed by atoms with van der Waals surface area (Å²) in [7, 11) is 0. The number of carbonyl (C=O) groups is 2. The van der Waals surface area contributed by atoms with Gasteiger partial charge >= 0.3 is 0 Å². The summed E-state index contributed by atoms with van der Waals surface area (Å²) in [5.41, 5.74) is -0.00383. The molecule has 1 saturated heterocycles. The van der Waals surface area contributed by atoms with E-state index in [4.69, 9.17) is 14.4 Å². The Bertz CT molecular complexity index is 957. The molecule has 0 unspecified atom stereocenters. The Hall–Kier alpha value is -3.38. The highest BCUT2D eigenvalue weighted by atomic mass is 19.1. The molecule has 0 aliphatic carbocycles. The lowest BCUT2D eigenvalue weighted by atomic mass is 10.2. The fourth-order valence-corrected chi connectivity index (χ4v) is 3.58. The van der Waals surface area contributed by atoms with Crippen LogP contribution in [-0.4, -0.2) is 67.0 Å². The Morgan fingerprint density at radius 2 is 2.12 bits per heavy atom. The minimum absolute atomic E-state index is 0.00383. The van der Waals surface area contributed by atoms with E-state index in [1.165, 1.54) is 18.4 Å². The molecule has 0 saturated carbocycles. The van der Waals surface area contributed by atoms with Crippen molar-refractivity contribution in [2.24, 2.45) is 0 Å². The topological polar surface area (TPSA) is 98.8 Å². The van der Waals surface area contributed by atoms with Gasteiger partial charge in [0.05, 0.1) is 18.4 Å². The Kier molecular flexibility index (Phi) is 8.22. The number of nitrogens with zero attached hydrogens (tertiary/aromatic N) is 3. The van der Waals surface area contributed by atoms with Crippen LogP contribution in [0.1, 0.15) is 35.9 Å². The van der Waals surface area contributed by atoms with Crippen molar-refractivity contribution in [2.45, 2.75) is 25.8 Å². The van der Waals surface area contributed by atoms with E-state index in [0.717, 1.165) is 32.5 Å². The van der Waals surface area contributed by atoms with Crippen LogP contribution in [0.15, 0.2) is 41.0 Å². The second-order valence-corrected chi connectivity index (χ2v) is 7.65. The molecule has 1 aromatic carbocycles. The van der Waals surface area contributed by atoms with Gasteiger partial charge < -0.3 is 24.3 Å². The normalized spacial score (nSPS) is 15.5. The molecule has 2 amide bonds. The van der Waals surface area contributed by atoms with Crippen LogP contribution >= 0.6 is 0 Å². The third-order valence-corrected chi connectivity index (χ3v) is 5.31.